The van der Waals surface area contributed by atoms with Crippen LogP contribution in [0.15, 0.2) is 72.8 Å². The molecule has 0 saturated heterocycles. The third-order valence-corrected chi connectivity index (χ3v) is 4.98. The number of hydrogen-bond acceptors (Lipinski definition) is 7. The van der Waals surface area contributed by atoms with E-state index in [0.29, 0.717) is 17.9 Å². The standard InChI is InChI=1S/C24H20N6O2/c1-2-32-22(31)15-30-21-14-17(12-13-20(21)28-29-30)25-24-23(16-8-4-3-5-9-16)26-18-10-6-7-11-19(18)27-24/h3-14H,2,15H2,1H3,(H,25,27). The van der Waals surface area contributed by atoms with Crippen molar-refractivity contribution in [2.45, 2.75) is 13.5 Å². The van der Waals surface area contributed by atoms with Crippen LogP contribution in [0.1, 0.15) is 6.92 Å². The third kappa shape index (κ3) is 3.85. The van der Waals surface area contributed by atoms with Gasteiger partial charge in [0.1, 0.15) is 17.8 Å². The lowest BCUT2D eigenvalue weighted by Gasteiger charge is -2.12. The Morgan fingerprint density at radius 2 is 1.69 bits per heavy atom. The average molecular weight is 424 g/mol. The van der Waals surface area contributed by atoms with Crippen LogP contribution in [0.3, 0.4) is 0 Å². The molecule has 3 aromatic carbocycles. The first-order valence-electron chi connectivity index (χ1n) is 10.3. The Labute approximate surface area is 183 Å². The van der Waals surface area contributed by atoms with Gasteiger partial charge in [0.05, 0.1) is 23.2 Å². The topological polar surface area (TPSA) is 94.8 Å². The molecule has 0 bridgehead atoms. The van der Waals surface area contributed by atoms with Crippen LogP contribution in [0, 0.1) is 0 Å². The van der Waals surface area contributed by atoms with Gasteiger partial charge in [0.2, 0.25) is 0 Å². The minimum atomic E-state index is -0.357. The Morgan fingerprint density at radius 1 is 0.938 bits per heavy atom. The largest absolute Gasteiger partial charge is 0.465 e. The second-order valence-corrected chi connectivity index (χ2v) is 7.16. The van der Waals surface area contributed by atoms with Crippen LogP contribution in [0.25, 0.3) is 33.3 Å². The molecule has 32 heavy (non-hydrogen) atoms. The number of aromatic nitrogens is 5. The van der Waals surface area contributed by atoms with E-state index < -0.39 is 0 Å². The molecule has 0 atom stereocenters. The molecule has 0 amide bonds. The van der Waals surface area contributed by atoms with Gasteiger partial charge in [-0.1, -0.05) is 47.7 Å². The number of rotatable bonds is 6. The highest BCUT2D eigenvalue weighted by Gasteiger charge is 2.14. The average Bonchev–Trinajstić information content (AvgIpc) is 3.21. The lowest BCUT2D eigenvalue weighted by molar-refractivity contribution is -0.143. The Hall–Kier alpha value is -4.33. The first-order chi connectivity index (χ1) is 15.7. The van der Waals surface area contributed by atoms with Crippen molar-refractivity contribution in [2.24, 2.45) is 0 Å². The minimum Gasteiger partial charge on any atom is -0.465 e. The first kappa shape index (κ1) is 19.6. The summed E-state index contributed by atoms with van der Waals surface area (Å²) < 4.78 is 6.56. The van der Waals surface area contributed by atoms with E-state index in [4.69, 9.17) is 14.7 Å². The summed E-state index contributed by atoms with van der Waals surface area (Å²) in [6, 6.07) is 23.3. The predicted molar refractivity (Wildman–Crippen MR) is 122 cm³/mol. The molecule has 5 rings (SSSR count). The van der Waals surface area contributed by atoms with Crippen molar-refractivity contribution in [3.8, 4) is 11.3 Å². The van der Waals surface area contributed by atoms with Crippen molar-refractivity contribution in [3.63, 3.8) is 0 Å². The minimum absolute atomic E-state index is 0.00115. The highest BCUT2D eigenvalue weighted by Crippen LogP contribution is 2.30. The summed E-state index contributed by atoms with van der Waals surface area (Å²) >= 11 is 0. The normalized spacial score (nSPS) is 11.0. The quantitative estimate of drug-likeness (QED) is 0.405. The van der Waals surface area contributed by atoms with Crippen LogP contribution in [0.2, 0.25) is 0 Å². The fraction of sp³-hybridized carbons (Fsp3) is 0.125. The monoisotopic (exact) mass is 424 g/mol. The molecule has 1 N–H and O–H groups in total. The molecule has 2 aromatic heterocycles. The molecular weight excluding hydrogens is 404 g/mol. The molecule has 0 fully saturated rings. The molecule has 0 radical (unpaired) electrons. The highest BCUT2D eigenvalue weighted by molar-refractivity contribution is 5.87. The summed E-state index contributed by atoms with van der Waals surface area (Å²) in [7, 11) is 0. The Kier molecular flexibility index (Phi) is 5.17. The van der Waals surface area contributed by atoms with Gasteiger partial charge < -0.3 is 10.1 Å². The number of nitrogens with zero attached hydrogens (tertiary/aromatic N) is 5. The fourth-order valence-electron chi connectivity index (χ4n) is 3.51. The van der Waals surface area contributed by atoms with E-state index in [0.717, 1.165) is 33.5 Å². The summed E-state index contributed by atoms with van der Waals surface area (Å²) in [5.74, 6) is 0.281. The van der Waals surface area contributed by atoms with Crippen LogP contribution in [0.4, 0.5) is 11.5 Å². The highest BCUT2D eigenvalue weighted by atomic mass is 16.5. The van der Waals surface area contributed by atoms with Gasteiger partial charge in [-0.25, -0.2) is 14.6 Å². The van der Waals surface area contributed by atoms with Crippen LogP contribution in [-0.4, -0.2) is 37.5 Å². The van der Waals surface area contributed by atoms with Gasteiger partial charge in [-0.05, 0) is 37.3 Å². The fourth-order valence-corrected chi connectivity index (χ4v) is 3.51. The SMILES string of the molecule is CCOC(=O)Cn1nnc2ccc(Nc3nc4ccccc4nc3-c3ccccc3)cc21. The second kappa shape index (κ2) is 8.43. The molecule has 0 unspecified atom stereocenters. The number of nitrogens with one attached hydrogen (secondary N) is 1. The van der Waals surface area contributed by atoms with E-state index in [1.165, 1.54) is 4.68 Å². The lowest BCUT2D eigenvalue weighted by Crippen LogP contribution is -2.14. The van der Waals surface area contributed by atoms with Crippen molar-refractivity contribution in [3.05, 3.63) is 72.8 Å². The number of esters is 1. The van der Waals surface area contributed by atoms with Crippen molar-refractivity contribution in [1.82, 2.24) is 25.0 Å². The smallest absolute Gasteiger partial charge is 0.327 e. The van der Waals surface area contributed by atoms with Crippen LogP contribution in [-0.2, 0) is 16.1 Å². The van der Waals surface area contributed by atoms with Gasteiger partial charge in [-0.15, -0.1) is 5.10 Å². The summed E-state index contributed by atoms with van der Waals surface area (Å²) in [5.41, 5.74) is 5.53. The van der Waals surface area contributed by atoms with E-state index >= 15 is 0 Å². The maximum Gasteiger partial charge on any atom is 0.327 e. The zero-order chi connectivity index (χ0) is 21.9. The number of benzene rings is 3. The molecule has 2 heterocycles. The van der Waals surface area contributed by atoms with E-state index in [1.807, 2.05) is 72.8 Å². The predicted octanol–water partition coefficient (Wildman–Crippen LogP) is 4.35. The summed E-state index contributed by atoms with van der Waals surface area (Å²) in [6.45, 7) is 2.09. The maximum atomic E-state index is 11.9. The van der Waals surface area contributed by atoms with E-state index in [-0.39, 0.29) is 12.5 Å². The Morgan fingerprint density at radius 3 is 2.47 bits per heavy atom. The molecule has 0 aliphatic rings. The molecule has 0 aliphatic heterocycles. The van der Waals surface area contributed by atoms with Crippen molar-refractivity contribution >= 4 is 39.5 Å². The van der Waals surface area contributed by atoms with Gasteiger partial charge in [-0.2, -0.15) is 0 Å². The zero-order valence-electron chi connectivity index (χ0n) is 17.4. The van der Waals surface area contributed by atoms with Gasteiger partial charge in [0.25, 0.3) is 0 Å². The van der Waals surface area contributed by atoms with E-state index in [1.54, 1.807) is 6.92 Å². The van der Waals surface area contributed by atoms with Gasteiger partial charge in [-0.3, -0.25) is 4.79 Å². The summed E-state index contributed by atoms with van der Waals surface area (Å²) in [6.07, 6.45) is 0. The van der Waals surface area contributed by atoms with Crippen LogP contribution in [0.5, 0.6) is 0 Å². The number of hydrogen-bond donors (Lipinski definition) is 1. The number of para-hydroxylation sites is 2. The number of fused-ring (bicyclic) bond motifs is 2. The van der Waals surface area contributed by atoms with E-state index in [2.05, 4.69) is 15.6 Å². The van der Waals surface area contributed by atoms with Gasteiger partial charge in [0.15, 0.2) is 5.82 Å². The number of ether oxygens (including phenoxy) is 1. The van der Waals surface area contributed by atoms with Crippen molar-refractivity contribution in [2.75, 3.05) is 11.9 Å². The van der Waals surface area contributed by atoms with Crippen LogP contribution < -0.4 is 5.32 Å². The Bertz CT molecular complexity index is 1410. The van der Waals surface area contributed by atoms with E-state index in [9.17, 15) is 4.79 Å². The molecule has 0 aliphatic carbocycles. The molecule has 8 heteroatoms. The third-order valence-electron chi connectivity index (χ3n) is 4.98. The maximum absolute atomic E-state index is 11.9. The number of carbonyl (C=O) groups excluding carboxylic acids is 1. The van der Waals surface area contributed by atoms with Crippen LogP contribution >= 0.6 is 0 Å². The summed E-state index contributed by atoms with van der Waals surface area (Å²) in [4.78, 5) is 21.6. The van der Waals surface area contributed by atoms with Crippen molar-refractivity contribution < 1.29 is 9.53 Å². The molecular formula is C24H20N6O2. The van der Waals surface area contributed by atoms with Gasteiger partial charge in [0, 0.05) is 11.3 Å². The first-order valence-corrected chi connectivity index (χ1v) is 10.3. The molecule has 5 aromatic rings. The van der Waals surface area contributed by atoms with Crippen molar-refractivity contribution in [1.29, 1.82) is 0 Å². The Balaban J connectivity index is 1.56. The molecule has 0 spiro atoms. The lowest BCUT2D eigenvalue weighted by atomic mass is 10.1. The summed E-state index contributed by atoms with van der Waals surface area (Å²) in [5, 5.41) is 11.6. The zero-order valence-corrected chi connectivity index (χ0v) is 17.4. The number of carbonyl (C=O) groups is 1. The molecule has 0 saturated carbocycles. The van der Waals surface area contributed by atoms with Gasteiger partial charge >= 0.3 is 5.97 Å². The molecule has 8 nitrogen and oxygen atoms in total. The second-order valence-electron chi connectivity index (χ2n) is 7.16. The molecule has 158 valence electrons. The number of anilines is 2.